The number of fused-ring (bicyclic) bond motifs is 1. The van der Waals surface area contributed by atoms with Crippen LogP contribution in [0.3, 0.4) is 0 Å². The Hall–Kier alpha value is -2.19. The number of anilines is 1. The Morgan fingerprint density at radius 1 is 1.28 bits per heavy atom. The van der Waals surface area contributed by atoms with E-state index in [9.17, 15) is 9.59 Å². The van der Waals surface area contributed by atoms with Crippen LogP contribution in [-0.4, -0.2) is 46.8 Å². The van der Waals surface area contributed by atoms with Crippen molar-refractivity contribution in [3.63, 3.8) is 0 Å². The molecule has 1 fully saturated rings. The first-order valence-corrected chi connectivity index (χ1v) is 10.7. The van der Waals surface area contributed by atoms with E-state index in [1.165, 1.54) is 7.11 Å². The SMILES string of the molecule is COC(=O)[C@@H]1CCN([C@@H]2CCCn3nc(C(=O)Nc4cccc(Br)c4C)cc32)C1. The number of benzene rings is 1. The topological polar surface area (TPSA) is 76.5 Å². The summed E-state index contributed by atoms with van der Waals surface area (Å²) in [6, 6.07) is 7.81. The zero-order valence-corrected chi connectivity index (χ0v) is 18.2. The first-order valence-electron chi connectivity index (χ1n) is 9.94. The highest BCUT2D eigenvalue weighted by atomic mass is 79.9. The number of ether oxygens (including phenoxy) is 1. The molecule has 0 spiro atoms. The summed E-state index contributed by atoms with van der Waals surface area (Å²) < 4.78 is 7.81. The fraction of sp³-hybridized carbons (Fsp3) is 0.476. The number of esters is 1. The Morgan fingerprint density at radius 2 is 2.10 bits per heavy atom. The largest absolute Gasteiger partial charge is 0.469 e. The van der Waals surface area contributed by atoms with Crippen molar-refractivity contribution < 1.29 is 14.3 Å². The number of methoxy groups -OCH3 is 1. The van der Waals surface area contributed by atoms with Gasteiger partial charge in [-0.3, -0.25) is 19.2 Å². The van der Waals surface area contributed by atoms with Crippen LogP contribution in [0, 0.1) is 12.8 Å². The van der Waals surface area contributed by atoms with Gasteiger partial charge in [-0.05, 0) is 56.5 Å². The van der Waals surface area contributed by atoms with Crippen molar-refractivity contribution in [1.82, 2.24) is 14.7 Å². The van der Waals surface area contributed by atoms with Crippen LogP contribution in [-0.2, 0) is 16.1 Å². The summed E-state index contributed by atoms with van der Waals surface area (Å²) in [7, 11) is 1.44. The van der Waals surface area contributed by atoms with Crippen LogP contribution in [0.15, 0.2) is 28.7 Å². The van der Waals surface area contributed by atoms with E-state index < -0.39 is 0 Å². The molecule has 2 aliphatic rings. The van der Waals surface area contributed by atoms with Gasteiger partial charge in [0.15, 0.2) is 5.69 Å². The van der Waals surface area contributed by atoms with Crippen LogP contribution < -0.4 is 5.32 Å². The van der Waals surface area contributed by atoms with E-state index in [-0.39, 0.29) is 23.8 Å². The van der Waals surface area contributed by atoms with Gasteiger partial charge in [0.1, 0.15) is 0 Å². The standard InChI is InChI=1S/C21H25BrN4O3/c1-13-15(22)5-3-6-16(13)23-20(27)17-11-19-18(7-4-9-26(19)24-17)25-10-8-14(12-25)21(28)29-2/h3,5-6,11,14,18H,4,7-10,12H2,1-2H3,(H,23,27)/t14-,18-/m1/s1. The van der Waals surface area contributed by atoms with Crippen LogP contribution in [0.4, 0.5) is 5.69 Å². The lowest BCUT2D eigenvalue weighted by molar-refractivity contribution is -0.145. The van der Waals surface area contributed by atoms with E-state index in [1.54, 1.807) is 0 Å². The molecule has 2 atom stereocenters. The maximum atomic E-state index is 12.8. The molecule has 29 heavy (non-hydrogen) atoms. The Bertz CT molecular complexity index is 942. The maximum Gasteiger partial charge on any atom is 0.310 e. The van der Waals surface area contributed by atoms with Crippen molar-refractivity contribution in [2.24, 2.45) is 5.92 Å². The molecule has 1 amide bonds. The van der Waals surface area contributed by atoms with Crippen LogP contribution in [0.5, 0.6) is 0 Å². The van der Waals surface area contributed by atoms with Gasteiger partial charge in [0.05, 0.1) is 24.8 Å². The number of hydrogen-bond donors (Lipinski definition) is 1. The number of carbonyl (C=O) groups excluding carboxylic acids is 2. The molecule has 154 valence electrons. The molecule has 2 aliphatic heterocycles. The number of hydrogen-bond acceptors (Lipinski definition) is 5. The molecule has 1 aromatic heterocycles. The van der Waals surface area contributed by atoms with Crippen LogP contribution in [0.25, 0.3) is 0 Å². The van der Waals surface area contributed by atoms with Gasteiger partial charge in [-0.2, -0.15) is 5.10 Å². The lowest BCUT2D eigenvalue weighted by atomic mass is 10.0. The van der Waals surface area contributed by atoms with E-state index in [4.69, 9.17) is 4.74 Å². The molecule has 3 heterocycles. The van der Waals surface area contributed by atoms with Crippen LogP contribution in [0.1, 0.15) is 47.1 Å². The Kier molecular flexibility index (Phi) is 5.74. The molecule has 0 aliphatic carbocycles. The number of amides is 1. The molecule has 0 radical (unpaired) electrons. The molecule has 2 aromatic rings. The molecular weight excluding hydrogens is 436 g/mol. The van der Waals surface area contributed by atoms with Crippen LogP contribution >= 0.6 is 15.9 Å². The summed E-state index contributed by atoms with van der Waals surface area (Å²) in [5.41, 5.74) is 3.23. The van der Waals surface area contributed by atoms with Crippen molar-refractivity contribution in [2.45, 2.75) is 38.8 Å². The third kappa shape index (κ3) is 3.96. The quantitative estimate of drug-likeness (QED) is 0.706. The van der Waals surface area contributed by atoms with Gasteiger partial charge in [0.25, 0.3) is 5.91 Å². The summed E-state index contributed by atoms with van der Waals surface area (Å²) in [5.74, 6) is -0.414. The minimum atomic E-state index is -0.208. The summed E-state index contributed by atoms with van der Waals surface area (Å²) in [4.78, 5) is 27.0. The molecule has 4 rings (SSSR count). The van der Waals surface area contributed by atoms with Crippen molar-refractivity contribution in [1.29, 1.82) is 0 Å². The fourth-order valence-corrected chi connectivity index (χ4v) is 4.67. The number of nitrogens with one attached hydrogen (secondary N) is 1. The molecule has 1 N–H and O–H groups in total. The van der Waals surface area contributed by atoms with Gasteiger partial charge in [0.2, 0.25) is 0 Å². The molecule has 1 saturated heterocycles. The first kappa shape index (κ1) is 20.1. The number of aromatic nitrogens is 2. The monoisotopic (exact) mass is 460 g/mol. The van der Waals surface area contributed by atoms with Crippen molar-refractivity contribution in [2.75, 3.05) is 25.5 Å². The predicted octanol–water partition coefficient (Wildman–Crippen LogP) is 3.54. The lowest BCUT2D eigenvalue weighted by Gasteiger charge is -2.31. The van der Waals surface area contributed by atoms with E-state index >= 15 is 0 Å². The Morgan fingerprint density at radius 3 is 2.90 bits per heavy atom. The number of rotatable bonds is 4. The fourth-order valence-electron chi connectivity index (χ4n) is 4.30. The maximum absolute atomic E-state index is 12.8. The summed E-state index contributed by atoms with van der Waals surface area (Å²) in [5, 5.41) is 7.54. The van der Waals surface area contributed by atoms with Gasteiger partial charge in [-0.15, -0.1) is 0 Å². The molecule has 0 saturated carbocycles. The van der Waals surface area contributed by atoms with Gasteiger partial charge >= 0.3 is 5.97 Å². The van der Waals surface area contributed by atoms with E-state index in [0.717, 1.165) is 53.8 Å². The Balaban J connectivity index is 1.52. The number of carbonyl (C=O) groups is 2. The van der Waals surface area contributed by atoms with Gasteiger partial charge in [-0.1, -0.05) is 22.0 Å². The molecular formula is C21H25BrN4O3. The number of likely N-dealkylation sites (tertiary alicyclic amines) is 1. The summed E-state index contributed by atoms with van der Waals surface area (Å²) in [6.07, 6.45) is 2.82. The zero-order chi connectivity index (χ0) is 20.5. The second-order valence-corrected chi connectivity index (χ2v) is 8.56. The zero-order valence-electron chi connectivity index (χ0n) is 16.7. The molecule has 0 bridgehead atoms. The van der Waals surface area contributed by atoms with E-state index in [0.29, 0.717) is 12.2 Å². The second-order valence-electron chi connectivity index (χ2n) is 7.71. The van der Waals surface area contributed by atoms with Crippen molar-refractivity contribution >= 4 is 33.5 Å². The minimum Gasteiger partial charge on any atom is -0.469 e. The van der Waals surface area contributed by atoms with Gasteiger partial charge in [0, 0.05) is 23.2 Å². The average molecular weight is 461 g/mol. The molecule has 0 unspecified atom stereocenters. The second kappa shape index (κ2) is 8.28. The average Bonchev–Trinajstić information content (AvgIpc) is 3.38. The van der Waals surface area contributed by atoms with E-state index in [1.807, 2.05) is 35.9 Å². The highest BCUT2D eigenvalue weighted by molar-refractivity contribution is 9.10. The first-order chi connectivity index (χ1) is 14.0. The van der Waals surface area contributed by atoms with Crippen LogP contribution in [0.2, 0.25) is 0 Å². The van der Waals surface area contributed by atoms with E-state index in [2.05, 4.69) is 31.2 Å². The smallest absolute Gasteiger partial charge is 0.310 e. The van der Waals surface area contributed by atoms with Crippen molar-refractivity contribution in [3.8, 4) is 0 Å². The Labute approximate surface area is 178 Å². The van der Waals surface area contributed by atoms with Crippen molar-refractivity contribution in [3.05, 3.63) is 45.7 Å². The highest BCUT2D eigenvalue weighted by Crippen LogP contribution is 2.35. The summed E-state index contributed by atoms with van der Waals surface area (Å²) >= 11 is 3.49. The number of halogens is 1. The molecule has 1 aromatic carbocycles. The van der Waals surface area contributed by atoms with Gasteiger partial charge in [-0.25, -0.2) is 0 Å². The third-order valence-corrected chi connectivity index (χ3v) is 6.80. The highest BCUT2D eigenvalue weighted by Gasteiger charge is 2.36. The molecule has 7 nitrogen and oxygen atoms in total. The minimum absolute atomic E-state index is 0.0689. The number of nitrogens with zero attached hydrogens (tertiary/aromatic N) is 3. The lowest BCUT2D eigenvalue weighted by Crippen LogP contribution is -2.32. The number of aryl methyl sites for hydroxylation is 1. The molecule has 8 heteroatoms. The third-order valence-electron chi connectivity index (χ3n) is 5.94. The predicted molar refractivity (Wildman–Crippen MR) is 113 cm³/mol. The van der Waals surface area contributed by atoms with Gasteiger partial charge < -0.3 is 10.1 Å². The normalized spacial score (nSPS) is 21.6. The summed E-state index contributed by atoms with van der Waals surface area (Å²) in [6.45, 7) is 4.32.